The molecule has 0 spiro atoms. The van der Waals surface area contributed by atoms with E-state index in [1.165, 1.54) is 0 Å². The van der Waals surface area contributed by atoms with Gasteiger partial charge in [0.15, 0.2) is 5.78 Å². The van der Waals surface area contributed by atoms with Crippen LogP contribution in [0.15, 0.2) is 36.4 Å². The lowest BCUT2D eigenvalue weighted by atomic mass is 10.1. The lowest BCUT2D eigenvalue weighted by Crippen LogP contribution is -2.17. The second-order valence-corrected chi connectivity index (χ2v) is 4.84. The standard InChI is InChI=1S/C15H6F6O3/c16-14(17,18)23-7-1-3-9-11(5-7)12-6-8(24-15(19,20)21)2-4-10(12)13(9)22/h1-6H. The molecular weight excluding hydrogens is 342 g/mol. The maximum absolute atomic E-state index is 12.3. The molecule has 0 saturated heterocycles. The Labute approximate surface area is 130 Å². The Balaban J connectivity index is 2.05. The summed E-state index contributed by atoms with van der Waals surface area (Å²) < 4.78 is 81.2. The van der Waals surface area contributed by atoms with E-state index in [1.54, 1.807) is 0 Å². The second kappa shape index (κ2) is 5.15. The molecule has 0 radical (unpaired) electrons. The number of ketones is 1. The Kier molecular flexibility index (Phi) is 3.47. The number of alkyl halides is 6. The van der Waals surface area contributed by atoms with Crippen LogP contribution < -0.4 is 9.47 Å². The van der Waals surface area contributed by atoms with Crippen LogP contribution in [-0.2, 0) is 0 Å². The lowest BCUT2D eigenvalue weighted by Gasteiger charge is -2.11. The molecule has 3 rings (SSSR count). The fourth-order valence-corrected chi connectivity index (χ4v) is 2.43. The van der Waals surface area contributed by atoms with E-state index >= 15 is 0 Å². The average Bonchev–Trinajstić information content (AvgIpc) is 2.68. The van der Waals surface area contributed by atoms with Crippen molar-refractivity contribution in [3.8, 4) is 22.6 Å². The van der Waals surface area contributed by atoms with E-state index in [-0.39, 0.29) is 22.3 Å². The van der Waals surface area contributed by atoms with Gasteiger partial charge in [0, 0.05) is 11.1 Å². The number of hydrogen-bond acceptors (Lipinski definition) is 3. The van der Waals surface area contributed by atoms with Crippen LogP contribution in [-0.4, -0.2) is 18.5 Å². The van der Waals surface area contributed by atoms with Gasteiger partial charge in [-0.05, 0) is 47.5 Å². The van der Waals surface area contributed by atoms with Gasteiger partial charge in [-0.15, -0.1) is 26.3 Å². The van der Waals surface area contributed by atoms with Crippen LogP contribution in [0.2, 0.25) is 0 Å². The van der Waals surface area contributed by atoms with Crippen molar-refractivity contribution < 1.29 is 40.6 Å². The highest BCUT2D eigenvalue weighted by Crippen LogP contribution is 2.41. The molecule has 0 amide bonds. The number of fused-ring (bicyclic) bond motifs is 3. The van der Waals surface area contributed by atoms with E-state index in [0.717, 1.165) is 36.4 Å². The van der Waals surface area contributed by atoms with Gasteiger partial charge >= 0.3 is 12.7 Å². The third kappa shape index (κ3) is 3.15. The highest BCUT2D eigenvalue weighted by molar-refractivity contribution is 6.21. The highest BCUT2D eigenvalue weighted by atomic mass is 19.4. The number of ether oxygens (including phenoxy) is 2. The molecule has 1 aliphatic carbocycles. The first-order valence-corrected chi connectivity index (χ1v) is 6.38. The summed E-state index contributed by atoms with van der Waals surface area (Å²) in [5, 5.41) is 0. The fourth-order valence-electron chi connectivity index (χ4n) is 2.43. The lowest BCUT2D eigenvalue weighted by molar-refractivity contribution is -0.275. The van der Waals surface area contributed by atoms with Crippen LogP contribution in [0, 0.1) is 0 Å². The molecule has 0 fully saturated rings. The van der Waals surface area contributed by atoms with Gasteiger partial charge in [0.1, 0.15) is 11.5 Å². The van der Waals surface area contributed by atoms with Gasteiger partial charge in [-0.25, -0.2) is 0 Å². The smallest absolute Gasteiger partial charge is 0.406 e. The van der Waals surface area contributed by atoms with Crippen molar-refractivity contribution in [3.63, 3.8) is 0 Å². The van der Waals surface area contributed by atoms with Crippen molar-refractivity contribution in [1.29, 1.82) is 0 Å². The molecule has 0 bridgehead atoms. The summed E-state index contributed by atoms with van der Waals surface area (Å²) in [5.41, 5.74) is 0.237. The van der Waals surface area contributed by atoms with Crippen molar-refractivity contribution in [1.82, 2.24) is 0 Å². The summed E-state index contributed by atoms with van der Waals surface area (Å²) in [5.74, 6) is -1.66. The first kappa shape index (κ1) is 16.2. The molecule has 0 N–H and O–H groups in total. The van der Waals surface area contributed by atoms with E-state index in [1.807, 2.05) is 0 Å². The van der Waals surface area contributed by atoms with Gasteiger partial charge < -0.3 is 9.47 Å². The third-order valence-corrected chi connectivity index (χ3v) is 3.23. The zero-order chi connectivity index (χ0) is 17.7. The van der Waals surface area contributed by atoms with Gasteiger partial charge in [-0.1, -0.05) is 0 Å². The van der Waals surface area contributed by atoms with Crippen LogP contribution in [0.5, 0.6) is 11.5 Å². The molecule has 9 heteroatoms. The van der Waals surface area contributed by atoms with E-state index < -0.39 is 30.0 Å². The SMILES string of the molecule is O=C1c2ccc(OC(F)(F)F)cc2-c2cc(OC(F)(F)F)ccc21. The van der Waals surface area contributed by atoms with Crippen LogP contribution in [0.3, 0.4) is 0 Å². The van der Waals surface area contributed by atoms with Crippen molar-refractivity contribution in [2.75, 3.05) is 0 Å². The van der Waals surface area contributed by atoms with E-state index in [9.17, 15) is 31.1 Å². The maximum atomic E-state index is 12.3. The molecule has 2 aromatic carbocycles. The third-order valence-electron chi connectivity index (χ3n) is 3.23. The molecule has 3 nitrogen and oxygen atoms in total. The molecule has 0 unspecified atom stereocenters. The molecule has 24 heavy (non-hydrogen) atoms. The minimum Gasteiger partial charge on any atom is -0.406 e. The summed E-state index contributed by atoms with van der Waals surface area (Å²) in [6.07, 6.45) is -9.86. The van der Waals surface area contributed by atoms with Crippen LogP contribution >= 0.6 is 0 Å². The molecular formula is C15H6F6O3. The summed E-state index contributed by atoms with van der Waals surface area (Å²) in [7, 11) is 0. The molecule has 0 saturated carbocycles. The first-order valence-electron chi connectivity index (χ1n) is 6.38. The molecule has 0 aliphatic heterocycles. The predicted molar refractivity (Wildman–Crippen MR) is 68.7 cm³/mol. The monoisotopic (exact) mass is 348 g/mol. The molecule has 0 atom stereocenters. The normalized spacial score (nSPS) is 13.5. The number of halogens is 6. The zero-order valence-corrected chi connectivity index (χ0v) is 11.5. The van der Waals surface area contributed by atoms with Crippen molar-refractivity contribution in [2.24, 2.45) is 0 Å². The van der Waals surface area contributed by atoms with Gasteiger partial charge in [0.2, 0.25) is 0 Å². The van der Waals surface area contributed by atoms with Gasteiger partial charge in [-0.2, -0.15) is 0 Å². The Morgan fingerprint density at radius 3 is 1.33 bits per heavy atom. The molecule has 126 valence electrons. The van der Waals surface area contributed by atoms with Gasteiger partial charge in [-0.3, -0.25) is 4.79 Å². The first-order chi connectivity index (χ1) is 11.0. The highest BCUT2D eigenvalue weighted by Gasteiger charge is 2.34. The maximum Gasteiger partial charge on any atom is 0.573 e. The van der Waals surface area contributed by atoms with Crippen molar-refractivity contribution in [3.05, 3.63) is 47.5 Å². The number of carbonyl (C=O) groups excluding carboxylic acids is 1. The Morgan fingerprint density at radius 2 is 1.00 bits per heavy atom. The van der Waals surface area contributed by atoms with Crippen LogP contribution in [0.1, 0.15) is 15.9 Å². The minimum absolute atomic E-state index is 0.0457. The number of hydrogen-bond donors (Lipinski definition) is 0. The second-order valence-electron chi connectivity index (χ2n) is 4.84. The van der Waals surface area contributed by atoms with Crippen molar-refractivity contribution >= 4 is 5.78 Å². The van der Waals surface area contributed by atoms with E-state index in [0.29, 0.717) is 0 Å². The van der Waals surface area contributed by atoms with E-state index in [4.69, 9.17) is 0 Å². The number of benzene rings is 2. The molecule has 0 aromatic heterocycles. The average molecular weight is 348 g/mol. The van der Waals surface area contributed by atoms with E-state index in [2.05, 4.69) is 9.47 Å². The van der Waals surface area contributed by atoms with Crippen molar-refractivity contribution in [2.45, 2.75) is 12.7 Å². The summed E-state index contributed by atoms with van der Waals surface area (Å²) in [4.78, 5) is 12.2. The summed E-state index contributed by atoms with van der Waals surface area (Å²) >= 11 is 0. The molecule has 0 heterocycles. The predicted octanol–water partition coefficient (Wildman–Crippen LogP) is 4.70. The quantitative estimate of drug-likeness (QED) is 0.630. The molecule has 2 aromatic rings. The summed E-state index contributed by atoms with van der Waals surface area (Å²) in [6, 6.07) is 6.08. The Morgan fingerprint density at radius 1 is 0.625 bits per heavy atom. The Hall–Kier alpha value is -2.71. The summed E-state index contributed by atoms with van der Waals surface area (Å²) in [6.45, 7) is 0. The Bertz CT molecular complexity index is 755. The molecule has 1 aliphatic rings. The van der Waals surface area contributed by atoms with Crippen LogP contribution in [0.25, 0.3) is 11.1 Å². The zero-order valence-electron chi connectivity index (χ0n) is 11.5. The minimum atomic E-state index is -4.93. The van der Waals surface area contributed by atoms with Gasteiger partial charge in [0.25, 0.3) is 0 Å². The largest absolute Gasteiger partial charge is 0.573 e. The van der Waals surface area contributed by atoms with Gasteiger partial charge in [0.05, 0.1) is 0 Å². The number of carbonyl (C=O) groups is 1. The van der Waals surface area contributed by atoms with Crippen LogP contribution in [0.4, 0.5) is 26.3 Å². The number of rotatable bonds is 2. The topological polar surface area (TPSA) is 35.5 Å². The fraction of sp³-hybridized carbons (Fsp3) is 0.133.